The number of rotatable bonds is 5. The highest BCUT2D eigenvalue weighted by Crippen LogP contribution is 2.11. The first-order chi connectivity index (χ1) is 9.51. The fraction of sp³-hybridized carbons (Fsp3) is 0.154. The van der Waals surface area contributed by atoms with Gasteiger partial charge < -0.3 is 15.2 Å². The largest absolute Gasteiger partial charge is 0.497 e. The molecule has 106 valence electrons. The molecule has 0 aliphatic rings. The highest BCUT2D eigenvalue weighted by molar-refractivity contribution is 6.02. The smallest absolute Gasteiger partial charge is 0.328 e. The second-order valence-corrected chi connectivity index (χ2v) is 3.70. The van der Waals surface area contributed by atoms with Gasteiger partial charge in [0.15, 0.2) is 0 Å². The van der Waals surface area contributed by atoms with E-state index in [1.807, 2.05) is 5.32 Å². The van der Waals surface area contributed by atoms with Crippen molar-refractivity contribution < 1.29 is 24.2 Å². The van der Waals surface area contributed by atoms with E-state index in [0.29, 0.717) is 11.8 Å². The number of methoxy groups -OCH3 is 1. The predicted octanol–water partition coefficient (Wildman–Crippen LogP) is 0.662. The minimum Gasteiger partial charge on any atom is -0.497 e. The van der Waals surface area contributed by atoms with Crippen molar-refractivity contribution in [3.8, 4) is 5.75 Å². The highest BCUT2D eigenvalue weighted by atomic mass is 16.5. The molecule has 3 amide bonds. The highest BCUT2D eigenvalue weighted by Gasteiger charge is 2.05. The Labute approximate surface area is 115 Å². The summed E-state index contributed by atoms with van der Waals surface area (Å²) in [5, 5.41) is 12.7. The molecular weight excluding hydrogens is 264 g/mol. The molecule has 0 heterocycles. The number of amides is 3. The fourth-order valence-electron chi connectivity index (χ4n) is 1.31. The van der Waals surface area contributed by atoms with E-state index < -0.39 is 17.9 Å². The third-order valence-electron chi connectivity index (χ3n) is 2.20. The normalized spacial score (nSPS) is 10.1. The minimum absolute atomic E-state index is 0.207. The Hall–Kier alpha value is -2.83. The number of carbonyl (C=O) groups excluding carboxylic acids is 2. The van der Waals surface area contributed by atoms with E-state index >= 15 is 0 Å². The van der Waals surface area contributed by atoms with E-state index in [1.165, 1.54) is 7.11 Å². The van der Waals surface area contributed by atoms with Crippen molar-refractivity contribution in [3.63, 3.8) is 0 Å². The molecule has 1 aromatic carbocycles. The zero-order chi connectivity index (χ0) is 15.0. The summed E-state index contributed by atoms with van der Waals surface area (Å²) < 4.78 is 5.03. The molecule has 7 nitrogen and oxygen atoms in total. The number of imide groups is 1. The third-order valence-corrected chi connectivity index (χ3v) is 2.20. The van der Waals surface area contributed by atoms with E-state index in [9.17, 15) is 14.4 Å². The number of urea groups is 1. The van der Waals surface area contributed by atoms with Crippen LogP contribution in [0.25, 0.3) is 0 Å². The van der Waals surface area contributed by atoms with Crippen LogP contribution >= 0.6 is 0 Å². The van der Waals surface area contributed by atoms with Crippen LogP contribution in [-0.2, 0) is 16.1 Å². The molecule has 0 atom stereocenters. The molecule has 0 bridgehead atoms. The molecule has 0 radical (unpaired) electrons. The van der Waals surface area contributed by atoms with Crippen LogP contribution in [-0.4, -0.2) is 30.1 Å². The summed E-state index contributed by atoms with van der Waals surface area (Å²) >= 11 is 0. The molecule has 3 N–H and O–H groups in total. The van der Waals surface area contributed by atoms with Gasteiger partial charge in [-0.05, 0) is 17.7 Å². The van der Waals surface area contributed by atoms with Gasteiger partial charge in [-0.15, -0.1) is 0 Å². The zero-order valence-corrected chi connectivity index (χ0v) is 10.8. The van der Waals surface area contributed by atoms with E-state index in [4.69, 9.17) is 9.84 Å². The second-order valence-electron chi connectivity index (χ2n) is 3.70. The van der Waals surface area contributed by atoms with Crippen molar-refractivity contribution in [2.75, 3.05) is 7.11 Å². The standard InChI is InChI=1S/C13H14N2O5/c1-20-10-4-2-3-9(7-10)8-14-13(19)15-11(16)5-6-12(17)18/h2-7H,8H2,1H3,(H,17,18)(H2,14,15,16,19)/b6-5+. The van der Waals surface area contributed by atoms with Crippen molar-refractivity contribution in [2.45, 2.75) is 6.54 Å². The molecule has 0 aliphatic carbocycles. The zero-order valence-electron chi connectivity index (χ0n) is 10.8. The Morgan fingerprint density at radius 2 is 2.05 bits per heavy atom. The monoisotopic (exact) mass is 278 g/mol. The van der Waals surface area contributed by atoms with Gasteiger partial charge in [-0.2, -0.15) is 0 Å². The molecule has 0 aliphatic heterocycles. The number of carbonyl (C=O) groups is 3. The number of carboxylic acids is 1. The van der Waals surface area contributed by atoms with Gasteiger partial charge in [0.2, 0.25) is 0 Å². The van der Waals surface area contributed by atoms with Crippen molar-refractivity contribution in [3.05, 3.63) is 42.0 Å². The van der Waals surface area contributed by atoms with Crippen LogP contribution < -0.4 is 15.4 Å². The number of carboxylic acid groups (broad SMARTS) is 1. The summed E-state index contributed by atoms with van der Waals surface area (Å²) in [6.07, 6.45) is 1.40. The maximum atomic E-state index is 11.4. The average Bonchev–Trinajstić information content (AvgIpc) is 2.43. The van der Waals surface area contributed by atoms with Crippen LogP contribution in [0.4, 0.5) is 4.79 Å². The second kappa shape index (κ2) is 7.57. The first-order valence-corrected chi connectivity index (χ1v) is 5.64. The van der Waals surface area contributed by atoms with E-state index in [0.717, 1.165) is 11.6 Å². The molecule has 20 heavy (non-hydrogen) atoms. The molecular formula is C13H14N2O5. The third kappa shape index (κ3) is 5.67. The summed E-state index contributed by atoms with van der Waals surface area (Å²) in [4.78, 5) is 32.7. The molecule has 0 spiro atoms. The Morgan fingerprint density at radius 3 is 2.70 bits per heavy atom. The van der Waals surface area contributed by atoms with Gasteiger partial charge in [0, 0.05) is 18.7 Å². The number of aliphatic carboxylic acids is 1. The molecule has 0 fully saturated rings. The lowest BCUT2D eigenvalue weighted by atomic mass is 10.2. The first kappa shape index (κ1) is 15.2. The van der Waals surface area contributed by atoms with Gasteiger partial charge in [0.1, 0.15) is 5.75 Å². The van der Waals surface area contributed by atoms with Gasteiger partial charge in [-0.3, -0.25) is 10.1 Å². The van der Waals surface area contributed by atoms with Gasteiger partial charge in [0.25, 0.3) is 5.91 Å². The van der Waals surface area contributed by atoms with Gasteiger partial charge in [0.05, 0.1) is 7.11 Å². The Kier molecular flexibility index (Phi) is 5.76. The number of nitrogens with one attached hydrogen (secondary N) is 2. The lowest BCUT2D eigenvalue weighted by Gasteiger charge is -2.06. The summed E-state index contributed by atoms with van der Waals surface area (Å²) in [6.45, 7) is 0.207. The first-order valence-electron chi connectivity index (χ1n) is 5.64. The van der Waals surface area contributed by atoms with Gasteiger partial charge >= 0.3 is 12.0 Å². The summed E-state index contributed by atoms with van der Waals surface area (Å²) in [5.41, 5.74) is 0.799. The quantitative estimate of drug-likeness (QED) is 0.686. The lowest BCUT2D eigenvalue weighted by Crippen LogP contribution is -2.38. The molecule has 0 saturated heterocycles. The summed E-state index contributed by atoms with van der Waals surface area (Å²) in [7, 11) is 1.53. The van der Waals surface area contributed by atoms with Crippen LogP contribution in [0.15, 0.2) is 36.4 Å². The van der Waals surface area contributed by atoms with Gasteiger partial charge in [-0.25, -0.2) is 9.59 Å². The summed E-state index contributed by atoms with van der Waals surface area (Å²) in [6, 6.07) is 6.35. The van der Waals surface area contributed by atoms with Crippen LogP contribution in [0.2, 0.25) is 0 Å². The van der Waals surface area contributed by atoms with E-state index in [1.54, 1.807) is 24.3 Å². The van der Waals surface area contributed by atoms with Crippen LogP contribution in [0.5, 0.6) is 5.75 Å². The Morgan fingerprint density at radius 1 is 1.30 bits per heavy atom. The average molecular weight is 278 g/mol. The van der Waals surface area contributed by atoms with Crippen molar-refractivity contribution >= 4 is 17.9 Å². The van der Waals surface area contributed by atoms with Crippen molar-refractivity contribution in [2.24, 2.45) is 0 Å². The van der Waals surface area contributed by atoms with Crippen molar-refractivity contribution in [1.82, 2.24) is 10.6 Å². The number of ether oxygens (including phenoxy) is 1. The molecule has 0 unspecified atom stereocenters. The van der Waals surface area contributed by atoms with E-state index in [2.05, 4.69) is 5.32 Å². The minimum atomic E-state index is -1.27. The number of hydrogen-bond donors (Lipinski definition) is 3. The van der Waals surface area contributed by atoms with E-state index in [-0.39, 0.29) is 6.54 Å². The van der Waals surface area contributed by atoms with Crippen LogP contribution in [0.1, 0.15) is 5.56 Å². The molecule has 0 aromatic heterocycles. The lowest BCUT2D eigenvalue weighted by molar-refractivity contribution is -0.131. The maximum Gasteiger partial charge on any atom is 0.328 e. The Bertz CT molecular complexity index is 539. The van der Waals surface area contributed by atoms with Crippen molar-refractivity contribution in [1.29, 1.82) is 0 Å². The number of hydrogen-bond acceptors (Lipinski definition) is 4. The molecule has 7 heteroatoms. The molecule has 1 rings (SSSR count). The predicted molar refractivity (Wildman–Crippen MR) is 70.1 cm³/mol. The fourth-order valence-corrected chi connectivity index (χ4v) is 1.31. The topological polar surface area (TPSA) is 105 Å². The molecule has 1 aromatic rings. The SMILES string of the molecule is COc1cccc(CNC(=O)NC(=O)/C=C/C(=O)O)c1. The number of benzene rings is 1. The molecule has 0 saturated carbocycles. The maximum absolute atomic E-state index is 11.4. The van der Waals surface area contributed by atoms with Gasteiger partial charge in [-0.1, -0.05) is 12.1 Å². The summed E-state index contributed by atoms with van der Waals surface area (Å²) in [5.74, 6) is -1.42. The van der Waals surface area contributed by atoms with Crippen LogP contribution in [0, 0.1) is 0 Å². The Balaban J connectivity index is 2.43. The van der Waals surface area contributed by atoms with Crippen LogP contribution in [0.3, 0.4) is 0 Å².